The molecule has 0 bridgehead atoms. The molecule has 1 aliphatic heterocycles. The number of rotatable bonds is 1. The second kappa shape index (κ2) is 5.14. The van der Waals surface area contributed by atoms with Crippen LogP contribution < -0.4 is 5.32 Å². The van der Waals surface area contributed by atoms with E-state index >= 15 is 0 Å². The Labute approximate surface area is 124 Å². The molecule has 2 aromatic rings. The van der Waals surface area contributed by atoms with Gasteiger partial charge in [0.2, 0.25) is 0 Å². The maximum atomic E-state index is 13.5. The maximum Gasteiger partial charge on any atom is 0.137 e. The van der Waals surface area contributed by atoms with Crippen LogP contribution in [0.25, 0.3) is 0 Å². The predicted octanol–water partition coefficient (Wildman–Crippen LogP) is 5.34. The normalized spacial score (nSPS) is 17.7. The lowest BCUT2D eigenvalue weighted by Gasteiger charge is -2.28. The Morgan fingerprint density at radius 1 is 1.26 bits per heavy atom. The summed E-state index contributed by atoms with van der Waals surface area (Å²) in [5.41, 5.74) is 3.09. The monoisotopic (exact) mass is 339 g/mol. The molecule has 2 aromatic carbocycles. The summed E-state index contributed by atoms with van der Waals surface area (Å²) in [5, 5.41) is 4.21. The molecular formula is C15H12BrClFN. The van der Waals surface area contributed by atoms with Crippen molar-refractivity contribution in [3.8, 4) is 0 Å². The molecule has 1 aliphatic rings. The Morgan fingerprint density at radius 2 is 2.05 bits per heavy atom. The zero-order chi connectivity index (χ0) is 13.4. The van der Waals surface area contributed by atoms with E-state index in [1.807, 2.05) is 24.3 Å². The van der Waals surface area contributed by atoms with Crippen molar-refractivity contribution in [1.29, 1.82) is 0 Å². The van der Waals surface area contributed by atoms with Crippen LogP contribution in [0, 0.1) is 5.82 Å². The minimum absolute atomic E-state index is 0.179. The smallest absolute Gasteiger partial charge is 0.137 e. The minimum Gasteiger partial charge on any atom is -0.378 e. The minimum atomic E-state index is -0.211. The lowest BCUT2D eigenvalue weighted by Crippen LogP contribution is -2.18. The van der Waals surface area contributed by atoms with Crippen molar-refractivity contribution in [3.63, 3.8) is 0 Å². The molecule has 4 heteroatoms. The Balaban J connectivity index is 1.94. The molecule has 3 rings (SSSR count). The highest BCUT2D eigenvalue weighted by Gasteiger charge is 2.22. The molecule has 1 nitrogen and oxygen atoms in total. The Bertz CT molecular complexity index is 630. The van der Waals surface area contributed by atoms with Gasteiger partial charge in [-0.15, -0.1) is 0 Å². The SMILES string of the molecule is Fc1cc2c(cc1Br)NC(c1ccccc1Cl)CC2. The highest BCUT2D eigenvalue weighted by molar-refractivity contribution is 9.10. The number of aryl methyl sites for hydroxylation is 1. The first-order chi connectivity index (χ1) is 9.15. The van der Waals surface area contributed by atoms with Crippen LogP contribution in [0.4, 0.5) is 10.1 Å². The van der Waals surface area contributed by atoms with Crippen molar-refractivity contribution in [3.05, 3.63) is 62.8 Å². The summed E-state index contributed by atoms with van der Waals surface area (Å²) < 4.78 is 14.0. The molecule has 0 aromatic heterocycles. The average Bonchev–Trinajstić information content (AvgIpc) is 2.40. The number of fused-ring (bicyclic) bond motifs is 1. The first kappa shape index (κ1) is 12.9. The van der Waals surface area contributed by atoms with Crippen LogP contribution in [0.2, 0.25) is 5.02 Å². The van der Waals surface area contributed by atoms with E-state index in [1.54, 1.807) is 12.1 Å². The summed E-state index contributed by atoms with van der Waals surface area (Å²) in [6.45, 7) is 0. The fourth-order valence-corrected chi connectivity index (χ4v) is 3.09. The topological polar surface area (TPSA) is 12.0 Å². The van der Waals surface area contributed by atoms with E-state index in [2.05, 4.69) is 21.2 Å². The largest absolute Gasteiger partial charge is 0.378 e. The molecule has 1 unspecified atom stereocenters. The van der Waals surface area contributed by atoms with Crippen LogP contribution in [0.5, 0.6) is 0 Å². The van der Waals surface area contributed by atoms with Crippen LogP contribution >= 0.6 is 27.5 Å². The second-order valence-electron chi connectivity index (χ2n) is 4.68. The lowest BCUT2D eigenvalue weighted by atomic mass is 9.93. The number of nitrogens with one attached hydrogen (secondary N) is 1. The molecule has 0 saturated carbocycles. The van der Waals surface area contributed by atoms with Gasteiger partial charge >= 0.3 is 0 Å². The van der Waals surface area contributed by atoms with Crippen LogP contribution in [-0.2, 0) is 6.42 Å². The summed E-state index contributed by atoms with van der Waals surface area (Å²) >= 11 is 9.46. The third kappa shape index (κ3) is 2.49. The van der Waals surface area contributed by atoms with Gasteiger partial charge in [0, 0.05) is 10.7 Å². The summed E-state index contributed by atoms with van der Waals surface area (Å²) in [6.07, 6.45) is 1.76. The van der Waals surface area contributed by atoms with Gasteiger partial charge in [-0.1, -0.05) is 29.8 Å². The molecular weight excluding hydrogens is 329 g/mol. The fourth-order valence-electron chi connectivity index (χ4n) is 2.48. The van der Waals surface area contributed by atoms with Gasteiger partial charge in [-0.05, 0) is 58.1 Å². The Morgan fingerprint density at radius 3 is 2.84 bits per heavy atom. The number of halogens is 3. The van der Waals surface area contributed by atoms with Crippen LogP contribution in [0.15, 0.2) is 40.9 Å². The van der Waals surface area contributed by atoms with Gasteiger partial charge < -0.3 is 5.32 Å². The van der Waals surface area contributed by atoms with E-state index in [4.69, 9.17) is 11.6 Å². The predicted molar refractivity (Wildman–Crippen MR) is 80.2 cm³/mol. The van der Waals surface area contributed by atoms with Crippen molar-refractivity contribution < 1.29 is 4.39 Å². The maximum absolute atomic E-state index is 13.5. The molecule has 1 N–H and O–H groups in total. The molecule has 1 heterocycles. The summed E-state index contributed by atoms with van der Waals surface area (Å²) in [6, 6.07) is 11.4. The quantitative estimate of drug-likeness (QED) is 0.739. The number of hydrogen-bond acceptors (Lipinski definition) is 1. The van der Waals surface area contributed by atoms with Crippen LogP contribution in [0.3, 0.4) is 0 Å². The highest BCUT2D eigenvalue weighted by atomic mass is 79.9. The molecule has 0 spiro atoms. The Kier molecular flexibility index (Phi) is 3.50. The van der Waals surface area contributed by atoms with E-state index in [-0.39, 0.29) is 11.9 Å². The van der Waals surface area contributed by atoms with Gasteiger partial charge in [0.05, 0.1) is 10.5 Å². The summed E-state index contributed by atoms with van der Waals surface area (Å²) in [5.74, 6) is -0.211. The molecule has 1 atom stereocenters. The highest BCUT2D eigenvalue weighted by Crippen LogP contribution is 2.37. The number of benzene rings is 2. The standard InChI is InChI=1S/C15H12BrClFN/c16-11-8-15-9(7-13(11)18)5-6-14(19-15)10-3-1-2-4-12(10)17/h1-4,7-8,14,19H,5-6H2. The van der Waals surface area contributed by atoms with Gasteiger partial charge in [-0.2, -0.15) is 0 Å². The molecule has 0 radical (unpaired) electrons. The molecule has 0 saturated heterocycles. The molecule has 0 aliphatic carbocycles. The zero-order valence-electron chi connectivity index (χ0n) is 10.1. The van der Waals surface area contributed by atoms with Crippen molar-refractivity contribution in [2.75, 3.05) is 5.32 Å². The van der Waals surface area contributed by atoms with Crippen molar-refractivity contribution in [1.82, 2.24) is 0 Å². The summed E-state index contributed by atoms with van der Waals surface area (Å²) in [4.78, 5) is 0. The first-order valence-corrected chi connectivity index (χ1v) is 7.31. The third-order valence-electron chi connectivity index (χ3n) is 3.46. The first-order valence-electron chi connectivity index (χ1n) is 6.14. The second-order valence-corrected chi connectivity index (χ2v) is 5.94. The van der Waals surface area contributed by atoms with Gasteiger partial charge in [0.15, 0.2) is 0 Å². The van der Waals surface area contributed by atoms with Crippen LogP contribution in [0.1, 0.15) is 23.6 Å². The fraction of sp³-hybridized carbons (Fsp3) is 0.200. The average molecular weight is 341 g/mol. The van der Waals surface area contributed by atoms with E-state index < -0.39 is 0 Å². The number of anilines is 1. The van der Waals surface area contributed by atoms with Crippen molar-refractivity contribution in [2.24, 2.45) is 0 Å². The number of hydrogen-bond donors (Lipinski definition) is 1. The van der Waals surface area contributed by atoms with Gasteiger partial charge in [0.25, 0.3) is 0 Å². The van der Waals surface area contributed by atoms with Crippen LogP contribution in [-0.4, -0.2) is 0 Å². The van der Waals surface area contributed by atoms with E-state index in [9.17, 15) is 4.39 Å². The van der Waals surface area contributed by atoms with Gasteiger partial charge in [-0.25, -0.2) is 4.39 Å². The van der Waals surface area contributed by atoms with E-state index in [0.29, 0.717) is 4.47 Å². The van der Waals surface area contributed by atoms with Crippen molar-refractivity contribution >= 4 is 33.2 Å². The van der Waals surface area contributed by atoms with E-state index in [0.717, 1.165) is 34.7 Å². The molecule has 0 fully saturated rings. The Hall–Kier alpha value is -1.06. The van der Waals surface area contributed by atoms with Gasteiger partial charge in [-0.3, -0.25) is 0 Å². The van der Waals surface area contributed by atoms with Gasteiger partial charge in [0.1, 0.15) is 5.82 Å². The van der Waals surface area contributed by atoms with E-state index in [1.165, 1.54) is 0 Å². The summed E-state index contributed by atoms with van der Waals surface area (Å²) in [7, 11) is 0. The molecule has 0 amide bonds. The third-order valence-corrected chi connectivity index (χ3v) is 4.41. The zero-order valence-corrected chi connectivity index (χ0v) is 12.4. The molecule has 98 valence electrons. The van der Waals surface area contributed by atoms with Crippen molar-refractivity contribution in [2.45, 2.75) is 18.9 Å². The lowest BCUT2D eigenvalue weighted by molar-refractivity contribution is 0.610. The molecule has 19 heavy (non-hydrogen) atoms.